The topological polar surface area (TPSA) is 107 Å². The molecular weight excluding hydrogens is 462 g/mol. The van der Waals surface area contributed by atoms with Crippen LogP contribution in [0.4, 0.5) is 5.95 Å². The highest BCUT2D eigenvalue weighted by Crippen LogP contribution is 2.23. The van der Waals surface area contributed by atoms with Crippen LogP contribution in [0.15, 0.2) is 94.6 Å². The van der Waals surface area contributed by atoms with Crippen molar-refractivity contribution in [3.05, 3.63) is 107 Å². The predicted molar refractivity (Wildman–Crippen MR) is 135 cm³/mol. The van der Waals surface area contributed by atoms with E-state index in [1.54, 1.807) is 50.2 Å². The molecule has 5 rings (SSSR count). The van der Waals surface area contributed by atoms with Gasteiger partial charge in [-0.1, -0.05) is 42.5 Å². The van der Waals surface area contributed by atoms with Crippen molar-refractivity contribution in [1.29, 1.82) is 0 Å². The number of aromatic nitrogens is 4. The van der Waals surface area contributed by atoms with E-state index in [0.29, 0.717) is 33.8 Å². The largest absolute Gasteiger partial charge is 0.268 e. The molecule has 0 atom stereocenters. The lowest BCUT2D eigenvalue weighted by molar-refractivity contribution is 0.600. The smallest absolute Gasteiger partial charge is 0.266 e. The standard InChI is InChI=1S/C26H21N5O3S/c1-17-16-18(2)28-26(27-17)30-35(33,34)21-14-12-20(13-15-21)31-24(19-8-4-3-5-9-19)29-23-11-7-6-10-22(23)25(31)32/h3-16H,1-2H3,(H,27,28,30). The summed E-state index contributed by atoms with van der Waals surface area (Å²) in [6.45, 7) is 3.53. The minimum Gasteiger partial charge on any atom is -0.268 e. The molecule has 0 amide bonds. The second-order valence-electron chi connectivity index (χ2n) is 8.03. The molecule has 0 unspecified atom stereocenters. The van der Waals surface area contributed by atoms with E-state index in [1.807, 2.05) is 36.4 Å². The normalized spacial score (nSPS) is 11.5. The lowest BCUT2D eigenvalue weighted by Gasteiger charge is -2.14. The maximum Gasteiger partial charge on any atom is 0.266 e. The van der Waals surface area contributed by atoms with Crippen molar-refractivity contribution >= 4 is 26.9 Å². The Bertz CT molecular complexity index is 1690. The van der Waals surface area contributed by atoms with Crippen molar-refractivity contribution in [1.82, 2.24) is 19.5 Å². The highest BCUT2D eigenvalue weighted by Gasteiger charge is 2.18. The number of hydrogen-bond donors (Lipinski definition) is 1. The van der Waals surface area contributed by atoms with Crippen LogP contribution in [0.5, 0.6) is 0 Å². The highest BCUT2D eigenvalue weighted by atomic mass is 32.2. The van der Waals surface area contributed by atoms with E-state index in [2.05, 4.69) is 14.7 Å². The van der Waals surface area contributed by atoms with Gasteiger partial charge in [0, 0.05) is 17.0 Å². The zero-order valence-electron chi connectivity index (χ0n) is 19.0. The Balaban J connectivity index is 1.60. The highest BCUT2D eigenvalue weighted by molar-refractivity contribution is 7.92. The third-order valence-corrected chi connectivity index (χ3v) is 6.76. The van der Waals surface area contributed by atoms with Crippen LogP contribution in [-0.4, -0.2) is 27.9 Å². The molecule has 2 aromatic heterocycles. The molecule has 5 aromatic rings. The SMILES string of the molecule is Cc1cc(C)nc(NS(=O)(=O)c2ccc(-n3c(-c4ccccc4)nc4ccccc4c3=O)cc2)n1. The molecule has 174 valence electrons. The molecule has 0 saturated heterocycles. The number of para-hydroxylation sites is 1. The fourth-order valence-electron chi connectivity index (χ4n) is 3.88. The van der Waals surface area contributed by atoms with Crippen LogP contribution in [0, 0.1) is 13.8 Å². The molecule has 8 nitrogen and oxygen atoms in total. The number of aryl methyl sites for hydroxylation is 2. The fourth-order valence-corrected chi connectivity index (χ4v) is 4.82. The second kappa shape index (κ2) is 8.77. The van der Waals surface area contributed by atoms with Gasteiger partial charge in [0.15, 0.2) is 0 Å². The van der Waals surface area contributed by atoms with Gasteiger partial charge in [-0.3, -0.25) is 9.36 Å². The van der Waals surface area contributed by atoms with Crippen LogP contribution >= 0.6 is 0 Å². The third kappa shape index (κ3) is 4.41. The van der Waals surface area contributed by atoms with E-state index in [1.165, 1.54) is 16.7 Å². The number of fused-ring (bicyclic) bond motifs is 1. The van der Waals surface area contributed by atoms with Crippen LogP contribution in [0.1, 0.15) is 11.4 Å². The van der Waals surface area contributed by atoms with Gasteiger partial charge in [-0.05, 0) is 56.3 Å². The minimum atomic E-state index is -3.93. The van der Waals surface area contributed by atoms with Gasteiger partial charge in [-0.15, -0.1) is 0 Å². The summed E-state index contributed by atoms with van der Waals surface area (Å²) in [5.41, 5.74) is 2.91. The molecule has 9 heteroatoms. The summed E-state index contributed by atoms with van der Waals surface area (Å²) in [4.78, 5) is 26.5. The average Bonchev–Trinajstić information content (AvgIpc) is 2.84. The van der Waals surface area contributed by atoms with Crippen molar-refractivity contribution in [3.8, 4) is 17.1 Å². The first-order valence-corrected chi connectivity index (χ1v) is 12.3. The number of rotatable bonds is 5. The Hall–Kier alpha value is -4.37. The van der Waals surface area contributed by atoms with E-state index in [-0.39, 0.29) is 16.4 Å². The molecule has 3 aromatic carbocycles. The Morgan fingerprint density at radius 1 is 0.771 bits per heavy atom. The number of sulfonamides is 1. The lowest BCUT2D eigenvalue weighted by Crippen LogP contribution is -2.22. The van der Waals surface area contributed by atoms with Gasteiger partial charge < -0.3 is 0 Å². The summed E-state index contributed by atoms with van der Waals surface area (Å²) < 4.78 is 29.8. The van der Waals surface area contributed by atoms with Crippen LogP contribution in [0.3, 0.4) is 0 Å². The summed E-state index contributed by atoms with van der Waals surface area (Å²) in [5.74, 6) is 0.472. The van der Waals surface area contributed by atoms with E-state index in [0.717, 1.165) is 5.56 Å². The van der Waals surface area contributed by atoms with Crippen LogP contribution in [0.25, 0.3) is 28.0 Å². The first-order valence-electron chi connectivity index (χ1n) is 10.8. The summed E-state index contributed by atoms with van der Waals surface area (Å²) in [6.07, 6.45) is 0. The number of nitrogens with one attached hydrogen (secondary N) is 1. The van der Waals surface area contributed by atoms with Gasteiger partial charge >= 0.3 is 0 Å². The number of anilines is 1. The first kappa shape index (κ1) is 22.4. The Morgan fingerprint density at radius 3 is 2.09 bits per heavy atom. The zero-order valence-corrected chi connectivity index (χ0v) is 19.8. The zero-order chi connectivity index (χ0) is 24.6. The van der Waals surface area contributed by atoms with Gasteiger partial charge in [0.2, 0.25) is 5.95 Å². The second-order valence-corrected chi connectivity index (χ2v) is 9.72. The lowest BCUT2D eigenvalue weighted by atomic mass is 10.1. The van der Waals surface area contributed by atoms with Gasteiger partial charge in [0.25, 0.3) is 15.6 Å². The summed E-state index contributed by atoms with van der Waals surface area (Å²) in [5, 5.41) is 0.470. The maximum atomic E-state index is 13.5. The Kier molecular flexibility index (Phi) is 5.62. The monoisotopic (exact) mass is 483 g/mol. The Labute approximate surface area is 202 Å². The van der Waals surface area contributed by atoms with Gasteiger partial charge in [-0.25, -0.2) is 28.1 Å². The van der Waals surface area contributed by atoms with Crippen molar-refractivity contribution < 1.29 is 8.42 Å². The molecule has 0 aliphatic heterocycles. The van der Waals surface area contributed by atoms with Crippen molar-refractivity contribution in [2.24, 2.45) is 0 Å². The maximum absolute atomic E-state index is 13.5. The third-order valence-electron chi connectivity index (χ3n) is 5.42. The minimum absolute atomic E-state index is 0.00730. The average molecular weight is 484 g/mol. The van der Waals surface area contributed by atoms with Crippen molar-refractivity contribution in [3.63, 3.8) is 0 Å². The fraction of sp³-hybridized carbons (Fsp3) is 0.0769. The van der Waals surface area contributed by atoms with E-state index < -0.39 is 10.0 Å². The Morgan fingerprint density at radius 2 is 1.40 bits per heavy atom. The molecule has 0 radical (unpaired) electrons. The van der Waals surface area contributed by atoms with Gasteiger partial charge in [0.05, 0.1) is 21.5 Å². The molecule has 2 heterocycles. The molecule has 0 aliphatic carbocycles. The van der Waals surface area contributed by atoms with E-state index in [4.69, 9.17) is 4.98 Å². The molecule has 0 bridgehead atoms. The van der Waals surface area contributed by atoms with Gasteiger partial charge in [-0.2, -0.15) is 0 Å². The number of nitrogens with zero attached hydrogens (tertiary/aromatic N) is 4. The summed E-state index contributed by atoms with van der Waals surface area (Å²) in [7, 11) is -3.93. The summed E-state index contributed by atoms with van der Waals surface area (Å²) in [6, 6.07) is 24.3. The van der Waals surface area contributed by atoms with Crippen LogP contribution < -0.4 is 10.3 Å². The van der Waals surface area contributed by atoms with Crippen LogP contribution in [0.2, 0.25) is 0 Å². The van der Waals surface area contributed by atoms with E-state index >= 15 is 0 Å². The van der Waals surface area contributed by atoms with Crippen molar-refractivity contribution in [2.45, 2.75) is 18.7 Å². The molecule has 35 heavy (non-hydrogen) atoms. The molecule has 0 aliphatic rings. The number of benzene rings is 3. The quantitative estimate of drug-likeness (QED) is 0.400. The summed E-state index contributed by atoms with van der Waals surface area (Å²) >= 11 is 0. The first-order chi connectivity index (χ1) is 16.8. The molecular formula is C26H21N5O3S. The molecule has 0 spiro atoms. The van der Waals surface area contributed by atoms with Crippen molar-refractivity contribution in [2.75, 3.05) is 4.72 Å². The van der Waals surface area contributed by atoms with E-state index in [9.17, 15) is 13.2 Å². The molecule has 0 fully saturated rings. The predicted octanol–water partition coefficient (Wildman–Crippen LogP) is 4.26. The molecule has 1 N–H and O–H groups in total. The number of hydrogen-bond acceptors (Lipinski definition) is 6. The van der Waals surface area contributed by atoms with Gasteiger partial charge in [0.1, 0.15) is 5.82 Å². The molecule has 0 saturated carbocycles. The van der Waals surface area contributed by atoms with Crippen LogP contribution in [-0.2, 0) is 10.0 Å².